The first-order valence-electron chi connectivity index (χ1n) is 10.8. The van der Waals surface area contributed by atoms with Crippen molar-refractivity contribution >= 4 is 11.9 Å². The molecule has 1 aliphatic heterocycles. The van der Waals surface area contributed by atoms with Gasteiger partial charge in [-0.25, -0.2) is 4.39 Å². The number of halogens is 1. The predicted molar refractivity (Wildman–Crippen MR) is 125 cm³/mol. The largest absolute Gasteiger partial charge is 0.489 e. The van der Waals surface area contributed by atoms with Crippen molar-refractivity contribution in [3.8, 4) is 11.4 Å². The SMILES string of the molecule is N=Cc1cc(-n2ccc(OCc3ccc(F)cc3)cc2=O)ccc1NCCN1CCCC1. The molecule has 166 valence electrons. The Morgan fingerprint density at radius 2 is 1.84 bits per heavy atom. The van der Waals surface area contributed by atoms with Crippen molar-refractivity contribution in [2.45, 2.75) is 19.4 Å². The summed E-state index contributed by atoms with van der Waals surface area (Å²) >= 11 is 0. The summed E-state index contributed by atoms with van der Waals surface area (Å²) in [5.41, 5.74) is 2.89. The van der Waals surface area contributed by atoms with Gasteiger partial charge in [0.15, 0.2) is 0 Å². The highest BCUT2D eigenvalue weighted by Crippen LogP contribution is 2.19. The fourth-order valence-electron chi connectivity index (χ4n) is 3.85. The van der Waals surface area contributed by atoms with Crippen LogP contribution < -0.4 is 15.6 Å². The van der Waals surface area contributed by atoms with Crippen molar-refractivity contribution in [1.29, 1.82) is 5.41 Å². The van der Waals surface area contributed by atoms with Crippen molar-refractivity contribution in [2.75, 3.05) is 31.5 Å². The van der Waals surface area contributed by atoms with Crippen LogP contribution in [0.5, 0.6) is 5.75 Å². The number of pyridine rings is 1. The summed E-state index contributed by atoms with van der Waals surface area (Å²) in [5, 5.41) is 11.2. The molecule has 0 atom stereocenters. The van der Waals surface area contributed by atoms with Crippen LogP contribution in [0.1, 0.15) is 24.0 Å². The Morgan fingerprint density at radius 1 is 1.06 bits per heavy atom. The zero-order chi connectivity index (χ0) is 22.3. The van der Waals surface area contributed by atoms with E-state index >= 15 is 0 Å². The molecule has 4 rings (SSSR count). The zero-order valence-electron chi connectivity index (χ0n) is 17.9. The smallest absolute Gasteiger partial charge is 0.258 e. The van der Waals surface area contributed by atoms with E-state index in [1.54, 1.807) is 24.4 Å². The highest BCUT2D eigenvalue weighted by Gasteiger charge is 2.11. The number of aromatic nitrogens is 1. The minimum Gasteiger partial charge on any atom is -0.489 e. The van der Waals surface area contributed by atoms with E-state index in [-0.39, 0.29) is 18.0 Å². The van der Waals surface area contributed by atoms with Crippen LogP contribution in [-0.4, -0.2) is 41.9 Å². The van der Waals surface area contributed by atoms with E-state index in [0.717, 1.165) is 43.0 Å². The van der Waals surface area contributed by atoms with Gasteiger partial charge in [0.2, 0.25) is 0 Å². The molecule has 1 fully saturated rings. The van der Waals surface area contributed by atoms with Gasteiger partial charge in [-0.1, -0.05) is 12.1 Å². The van der Waals surface area contributed by atoms with E-state index in [1.165, 1.54) is 41.8 Å². The van der Waals surface area contributed by atoms with Gasteiger partial charge < -0.3 is 20.4 Å². The molecule has 2 heterocycles. The van der Waals surface area contributed by atoms with E-state index in [0.29, 0.717) is 11.4 Å². The molecule has 32 heavy (non-hydrogen) atoms. The van der Waals surface area contributed by atoms with Gasteiger partial charge in [-0.15, -0.1) is 0 Å². The van der Waals surface area contributed by atoms with Gasteiger partial charge in [0.05, 0.1) is 0 Å². The van der Waals surface area contributed by atoms with Gasteiger partial charge in [-0.2, -0.15) is 0 Å². The lowest BCUT2D eigenvalue weighted by Gasteiger charge is -2.17. The second-order valence-corrected chi connectivity index (χ2v) is 7.88. The lowest BCUT2D eigenvalue weighted by molar-refractivity contribution is 0.305. The topological polar surface area (TPSA) is 70.3 Å². The van der Waals surface area contributed by atoms with E-state index < -0.39 is 0 Å². The number of anilines is 1. The maximum Gasteiger partial charge on any atom is 0.258 e. The van der Waals surface area contributed by atoms with Crippen LogP contribution in [0.3, 0.4) is 0 Å². The number of hydrogen-bond donors (Lipinski definition) is 2. The van der Waals surface area contributed by atoms with Crippen LogP contribution in [0.25, 0.3) is 5.69 Å². The first-order chi connectivity index (χ1) is 15.6. The molecule has 6 nitrogen and oxygen atoms in total. The number of benzene rings is 2. The fraction of sp³-hybridized carbons (Fsp3) is 0.280. The van der Waals surface area contributed by atoms with E-state index in [9.17, 15) is 9.18 Å². The third-order valence-electron chi connectivity index (χ3n) is 5.62. The molecule has 1 saturated heterocycles. The molecule has 0 aliphatic carbocycles. The van der Waals surface area contributed by atoms with E-state index in [1.807, 2.05) is 18.2 Å². The van der Waals surface area contributed by atoms with E-state index in [2.05, 4.69) is 10.2 Å². The Kier molecular flexibility index (Phi) is 6.97. The molecule has 1 aromatic heterocycles. The second kappa shape index (κ2) is 10.2. The van der Waals surface area contributed by atoms with Crippen LogP contribution in [0.2, 0.25) is 0 Å². The summed E-state index contributed by atoms with van der Waals surface area (Å²) in [6, 6.07) is 14.8. The summed E-state index contributed by atoms with van der Waals surface area (Å²) in [4.78, 5) is 15.1. The van der Waals surface area contributed by atoms with Gasteiger partial charge in [0.25, 0.3) is 5.56 Å². The van der Waals surface area contributed by atoms with Crippen LogP contribution in [0, 0.1) is 11.2 Å². The molecule has 0 saturated carbocycles. The minimum absolute atomic E-state index is 0.229. The molecule has 0 unspecified atom stereocenters. The fourth-order valence-corrected chi connectivity index (χ4v) is 3.85. The van der Waals surface area contributed by atoms with Crippen molar-refractivity contribution in [2.24, 2.45) is 0 Å². The Morgan fingerprint density at radius 3 is 2.56 bits per heavy atom. The van der Waals surface area contributed by atoms with Crippen LogP contribution in [0.15, 0.2) is 65.6 Å². The van der Waals surface area contributed by atoms with Gasteiger partial charge >= 0.3 is 0 Å². The van der Waals surface area contributed by atoms with Gasteiger partial charge in [-0.3, -0.25) is 9.36 Å². The predicted octanol–water partition coefficient (Wildman–Crippen LogP) is 4.06. The molecular weight excluding hydrogens is 407 g/mol. The molecule has 0 bridgehead atoms. The van der Waals surface area contributed by atoms with Gasteiger partial charge in [0.1, 0.15) is 18.2 Å². The van der Waals surface area contributed by atoms with Gasteiger partial charge in [-0.05, 0) is 67.9 Å². The van der Waals surface area contributed by atoms with Crippen LogP contribution >= 0.6 is 0 Å². The van der Waals surface area contributed by atoms with Crippen LogP contribution in [-0.2, 0) is 6.61 Å². The third-order valence-corrected chi connectivity index (χ3v) is 5.62. The quantitative estimate of drug-likeness (QED) is 0.499. The normalized spacial score (nSPS) is 13.8. The monoisotopic (exact) mass is 434 g/mol. The van der Waals surface area contributed by atoms with Crippen molar-refractivity contribution in [3.05, 3.63) is 88.1 Å². The van der Waals surface area contributed by atoms with E-state index in [4.69, 9.17) is 10.1 Å². The number of nitrogens with zero attached hydrogens (tertiary/aromatic N) is 2. The highest BCUT2D eigenvalue weighted by atomic mass is 19.1. The maximum atomic E-state index is 13.0. The van der Waals surface area contributed by atoms with Gasteiger partial charge in [0, 0.05) is 48.5 Å². The summed E-state index contributed by atoms with van der Waals surface area (Å²) in [6.07, 6.45) is 5.50. The Balaban J connectivity index is 1.42. The first kappa shape index (κ1) is 21.8. The zero-order valence-corrected chi connectivity index (χ0v) is 17.9. The number of hydrogen-bond acceptors (Lipinski definition) is 5. The first-order valence-corrected chi connectivity index (χ1v) is 10.8. The Labute approximate surface area is 186 Å². The lowest BCUT2D eigenvalue weighted by Crippen LogP contribution is -2.26. The third kappa shape index (κ3) is 5.42. The number of nitrogens with one attached hydrogen (secondary N) is 2. The van der Waals surface area contributed by atoms with Crippen molar-refractivity contribution < 1.29 is 9.13 Å². The Hall–Kier alpha value is -3.45. The number of likely N-dealkylation sites (tertiary alicyclic amines) is 1. The summed E-state index contributed by atoms with van der Waals surface area (Å²) in [6.45, 7) is 4.37. The molecule has 1 aliphatic rings. The molecule has 0 amide bonds. The molecular formula is C25H27FN4O2. The minimum atomic E-state index is -0.298. The highest BCUT2D eigenvalue weighted by molar-refractivity contribution is 5.86. The van der Waals surface area contributed by atoms with Crippen molar-refractivity contribution in [3.63, 3.8) is 0 Å². The summed E-state index contributed by atoms with van der Waals surface area (Å²) < 4.78 is 20.2. The molecule has 2 aromatic carbocycles. The van der Waals surface area contributed by atoms with Crippen molar-refractivity contribution in [1.82, 2.24) is 9.47 Å². The van der Waals surface area contributed by atoms with Crippen LogP contribution in [0.4, 0.5) is 10.1 Å². The number of rotatable bonds is 9. The summed E-state index contributed by atoms with van der Waals surface area (Å²) in [5.74, 6) is 0.150. The lowest BCUT2D eigenvalue weighted by atomic mass is 10.1. The number of ether oxygens (including phenoxy) is 1. The average Bonchev–Trinajstić information content (AvgIpc) is 3.33. The molecule has 7 heteroatoms. The standard InChI is InChI=1S/C25H27FN4O2/c26-21-5-3-19(4-6-21)18-32-23-9-13-30(25(31)16-23)22-7-8-24(20(15-22)17-27)28-10-14-29-11-1-2-12-29/h3-9,13,15-17,27-28H,1-2,10-12,14,18H2. The second-order valence-electron chi connectivity index (χ2n) is 7.88. The molecule has 0 radical (unpaired) electrons. The maximum absolute atomic E-state index is 13.0. The molecule has 0 spiro atoms. The Bertz CT molecular complexity index is 1120. The summed E-state index contributed by atoms with van der Waals surface area (Å²) in [7, 11) is 0. The molecule has 2 N–H and O–H groups in total. The molecule has 3 aromatic rings. The average molecular weight is 435 g/mol.